The van der Waals surface area contributed by atoms with Gasteiger partial charge in [0.1, 0.15) is 0 Å². The van der Waals surface area contributed by atoms with E-state index in [1.54, 1.807) is 0 Å². The molecule has 2 heteroatoms. The molecule has 0 aromatic heterocycles. The predicted octanol–water partition coefficient (Wildman–Crippen LogP) is 3.73. The molecule has 0 atom stereocenters. The fraction of sp³-hybridized carbons (Fsp3) is 0.353. The van der Waals surface area contributed by atoms with Gasteiger partial charge in [0.2, 0.25) is 0 Å². The summed E-state index contributed by atoms with van der Waals surface area (Å²) in [5, 5.41) is 0. The molecule has 0 aliphatic carbocycles. The number of amides is 1. The molecule has 0 spiro atoms. The average Bonchev–Trinajstić information content (AvgIpc) is 2.81. The molecular formula is C17H21NO. The Morgan fingerprint density at radius 3 is 2.84 bits per heavy atom. The molecule has 1 heterocycles. The topological polar surface area (TPSA) is 20.3 Å². The van der Waals surface area contributed by atoms with Crippen LogP contribution >= 0.6 is 0 Å². The fourth-order valence-electron chi connectivity index (χ4n) is 2.56. The van der Waals surface area contributed by atoms with E-state index in [4.69, 9.17) is 0 Å². The average molecular weight is 255 g/mol. The lowest BCUT2D eigenvalue weighted by molar-refractivity contribution is 0.0796. The highest BCUT2D eigenvalue weighted by molar-refractivity contribution is 5.95. The summed E-state index contributed by atoms with van der Waals surface area (Å²) >= 11 is 0. The Morgan fingerprint density at radius 2 is 2.21 bits per heavy atom. The van der Waals surface area contributed by atoms with Gasteiger partial charge >= 0.3 is 0 Å². The van der Waals surface area contributed by atoms with Gasteiger partial charge in [0.15, 0.2) is 0 Å². The van der Waals surface area contributed by atoms with Gasteiger partial charge in [0.05, 0.1) is 0 Å². The minimum absolute atomic E-state index is 0.120. The van der Waals surface area contributed by atoms with Gasteiger partial charge in [-0.2, -0.15) is 0 Å². The van der Waals surface area contributed by atoms with Gasteiger partial charge in [-0.15, -0.1) is 0 Å². The molecule has 0 saturated heterocycles. The molecule has 1 aliphatic rings. The summed E-state index contributed by atoms with van der Waals surface area (Å²) in [7, 11) is 0. The second-order valence-electron chi connectivity index (χ2n) is 5.11. The van der Waals surface area contributed by atoms with E-state index in [0.29, 0.717) is 6.54 Å². The van der Waals surface area contributed by atoms with Crippen LogP contribution < -0.4 is 0 Å². The zero-order valence-corrected chi connectivity index (χ0v) is 11.8. The molecule has 0 fully saturated rings. The third kappa shape index (κ3) is 2.95. The molecule has 0 bridgehead atoms. The highest BCUT2D eigenvalue weighted by atomic mass is 16.2. The number of benzene rings is 1. The summed E-state index contributed by atoms with van der Waals surface area (Å²) in [4.78, 5) is 14.4. The first-order valence-electron chi connectivity index (χ1n) is 6.85. The van der Waals surface area contributed by atoms with Crippen molar-refractivity contribution in [3.8, 4) is 0 Å². The normalized spacial score (nSPS) is 14.9. The van der Waals surface area contributed by atoms with Crippen molar-refractivity contribution < 1.29 is 4.79 Å². The number of rotatable bonds is 4. The SMILES string of the molecule is C=CC1=C(CCC)CN(C(=O)c2cccc(C)c2)C1. The van der Waals surface area contributed by atoms with Crippen LogP contribution in [0.2, 0.25) is 0 Å². The van der Waals surface area contributed by atoms with Crippen LogP contribution in [0, 0.1) is 6.92 Å². The van der Waals surface area contributed by atoms with Crippen LogP contribution in [0.1, 0.15) is 35.7 Å². The van der Waals surface area contributed by atoms with Gasteiger partial charge < -0.3 is 4.90 Å². The summed E-state index contributed by atoms with van der Waals surface area (Å²) in [5.41, 5.74) is 4.48. The Balaban J connectivity index is 2.14. The van der Waals surface area contributed by atoms with Crippen molar-refractivity contribution in [3.63, 3.8) is 0 Å². The lowest BCUT2D eigenvalue weighted by Crippen LogP contribution is -2.29. The van der Waals surface area contributed by atoms with Gasteiger partial charge in [-0.25, -0.2) is 0 Å². The van der Waals surface area contributed by atoms with E-state index < -0.39 is 0 Å². The first-order chi connectivity index (χ1) is 9.15. The molecule has 1 aromatic rings. The maximum Gasteiger partial charge on any atom is 0.254 e. The van der Waals surface area contributed by atoms with E-state index in [1.165, 1.54) is 11.1 Å². The number of aryl methyl sites for hydroxylation is 1. The minimum atomic E-state index is 0.120. The molecule has 2 rings (SSSR count). The van der Waals surface area contributed by atoms with Gasteiger partial charge in [-0.3, -0.25) is 4.79 Å². The Morgan fingerprint density at radius 1 is 1.42 bits per heavy atom. The largest absolute Gasteiger partial charge is 0.330 e. The third-order valence-corrected chi connectivity index (χ3v) is 3.55. The van der Waals surface area contributed by atoms with E-state index >= 15 is 0 Å². The molecule has 100 valence electrons. The summed E-state index contributed by atoms with van der Waals surface area (Å²) in [5.74, 6) is 0.120. The van der Waals surface area contributed by atoms with Crippen molar-refractivity contribution >= 4 is 5.91 Å². The Kier molecular flexibility index (Phi) is 4.20. The number of nitrogens with zero attached hydrogens (tertiary/aromatic N) is 1. The molecule has 19 heavy (non-hydrogen) atoms. The molecule has 1 aliphatic heterocycles. The lowest BCUT2D eigenvalue weighted by atomic mass is 10.1. The monoisotopic (exact) mass is 255 g/mol. The van der Waals surface area contributed by atoms with Crippen molar-refractivity contribution in [2.75, 3.05) is 13.1 Å². The van der Waals surface area contributed by atoms with Crippen molar-refractivity contribution in [2.24, 2.45) is 0 Å². The second-order valence-corrected chi connectivity index (χ2v) is 5.11. The molecule has 0 saturated carbocycles. The smallest absolute Gasteiger partial charge is 0.254 e. The molecule has 1 amide bonds. The molecule has 2 nitrogen and oxygen atoms in total. The predicted molar refractivity (Wildman–Crippen MR) is 79.2 cm³/mol. The summed E-state index contributed by atoms with van der Waals surface area (Å²) in [6.07, 6.45) is 4.06. The van der Waals surface area contributed by atoms with E-state index in [2.05, 4.69) is 13.5 Å². The zero-order chi connectivity index (χ0) is 13.8. The zero-order valence-electron chi connectivity index (χ0n) is 11.8. The number of hydrogen-bond acceptors (Lipinski definition) is 1. The number of hydrogen-bond donors (Lipinski definition) is 0. The van der Waals surface area contributed by atoms with Crippen molar-refractivity contribution in [1.82, 2.24) is 4.90 Å². The van der Waals surface area contributed by atoms with Gasteiger partial charge in [0, 0.05) is 18.7 Å². The van der Waals surface area contributed by atoms with E-state index in [-0.39, 0.29) is 5.91 Å². The highest BCUT2D eigenvalue weighted by Gasteiger charge is 2.24. The summed E-state index contributed by atoms with van der Waals surface area (Å²) in [6, 6.07) is 7.79. The third-order valence-electron chi connectivity index (χ3n) is 3.55. The highest BCUT2D eigenvalue weighted by Crippen LogP contribution is 2.24. The van der Waals surface area contributed by atoms with Crippen LogP contribution in [-0.4, -0.2) is 23.9 Å². The van der Waals surface area contributed by atoms with Gasteiger partial charge in [0.25, 0.3) is 5.91 Å². The van der Waals surface area contributed by atoms with E-state index in [9.17, 15) is 4.79 Å². The Labute approximate surface area is 115 Å². The second kappa shape index (κ2) is 5.87. The number of carbonyl (C=O) groups excluding carboxylic acids is 1. The summed E-state index contributed by atoms with van der Waals surface area (Å²) < 4.78 is 0. The molecular weight excluding hydrogens is 234 g/mol. The molecule has 1 aromatic carbocycles. The molecule has 0 unspecified atom stereocenters. The summed E-state index contributed by atoms with van der Waals surface area (Å²) in [6.45, 7) is 9.49. The van der Waals surface area contributed by atoms with Crippen LogP contribution in [0.4, 0.5) is 0 Å². The molecule has 0 radical (unpaired) electrons. The van der Waals surface area contributed by atoms with Crippen molar-refractivity contribution in [3.05, 3.63) is 59.2 Å². The maximum absolute atomic E-state index is 12.5. The van der Waals surface area contributed by atoms with Crippen LogP contribution in [-0.2, 0) is 0 Å². The lowest BCUT2D eigenvalue weighted by Gasteiger charge is -2.17. The first kappa shape index (κ1) is 13.6. The standard InChI is InChI=1S/C17H21NO/c1-4-7-16-12-18(11-14(16)5-2)17(19)15-9-6-8-13(3)10-15/h5-6,8-10H,2,4,7,11-12H2,1,3H3. The van der Waals surface area contributed by atoms with E-state index in [1.807, 2.05) is 42.2 Å². The van der Waals surface area contributed by atoms with Crippen LogP contribution in [0.5, 0.6) is 0 Å². The quantitative estimate of drug-likeness (QED) is 0.802. The number of carbonyl (C=O) groups is 1. The first-order valence-corrected chi connectivity index (χ1v) is 6.85. The Bertz CT molecular complexity index is 528. The minimum Gasteiger partial charge on any atom is -0.330 e. The van der Waals surface area contributed by atoms with Crippen LogP contribution in [0.15, 0.2) is 48.1 Å². The molecule has 0 N–H and O–H groups in total. The fourth-order valence-corrected chi connectivity index (χ4v) is 2.56. The van der Waals surface area contributed by atoms with Crippen LogP contribution in [0.25, 0.3) is 0 Å². The van der Waals surface area contributed by atoms with Gasteiger partial charge in [-0.1, -0.05) is 43.7 Å². The van der Waals surface area contributed by atoms with Crippen molar-refractivity contribution in [2.45, 2.75) is 26.7 Å². The van der Waals surface area contributed by atoms with Crippen molar-refractivity contribution in [1.29, 1.82) is 0 Å². The maximum atomic E-state index is 12.5. The Hall–Kier alpha value is -1.83. The van der Waals surface area contributed by atoms with Gasteiger partial charge in [-0.05, 0) is 36.6 Å². The van der Waals surface area contributed by atoms with Crippen LogP contribution in [0.3, 0.4) is 0 Å². The van der Waals surface area contributed by atoms with E-state index in [0.717, 1.165) is 30.5 Å².